The molecule has 1 heterocycles. The van der Waals surface area contributed by atoms with Crippen molar-refractivity contribution in [2.75, 3.05) is 38.1 Å². The lowest BCUT2D eigenvalue weighted by Gasteiger charge is -2.36. The number of aryl methyl sites for hydroxylation is 1. The first kappa shape index (κ1) is 23.1. The largest absolute Gasteiger partial charge is 0.373 e. The lowest BCUT2D eigenvalue weighted by molar-refractivity contribution is -0.0272. The fraction of sp³-hybridized carbons (Fsp3) is 0.417. The van der Waals surface area contributed by atoms with Gasteiger partial charge in [-0.25, -0.2) is 4.79 Å². The van der Waals surface area contributed by atoms with Gasteiger partial charge in [0.25, 0.3) is 5.91 Å². The second-order valence-corrected chi connectivity index (χ2v) is 8.79. The van der Waals surface area contributed by atoms with E-state index in [9.17, 15) is 9.59 Å². The Morgan fingerprint density at radius 3 is 2.65 bits per heavy atom. The van der Waals surface area contributed by atoms with Crippen LogP contribution in [0.2, 0.25) is 5.02 Å². The maximum absolute atomic E-state index is 13.1. The second-order valence-electron chi connectivity index (χ2n) is 8.35. The molecule has 6 nitrogen and oxygen atoms in total. The van der Waals surface area contributed by atoms with Crippen LogP contribution in [0.15, 0.2) is 48.5 Å². The van der Waals surface area contributed by atoms with Crippen molar-refractivity contribution in [3.63, 3.8) is 0 Å². The van der Waals surface area contributed by atoms with E-state index in [0.29, 0.717) is 55.0 Å². The van der Waals surface area contributed by atoms with Gasteiger partial charge in [-0.1, -0.05) is 49.2 Å². The first-order valence-corrected chi connectivity index (χ1v) is 11.0. The van der Waals surface area contributed by atoms with Crippen LogP contribution in [-0.4, -0.2) is 60.6 Å². The highest BCUT2D eigenvalue weighted by Crippen LogP contribution is 2.17. The van der Waals surface area contributed by atoms with Crippen molar-refractivity contribution in [1.29, 1.82) is 0 Å². The number of anilines is 1. The van der Waals surface area contributed by atoms with Gasteiger partial charge in [-0.2, -0.15) is 0 Å². The zero-order valence-electron chi connectivity index (χ0n) is 18.3. The second kappa shape index (κ2) is 10.6. The van der Waals surface area contributed by atoms with Gasteiger partial charge < -0.3 is 19.9 Å². The molecule has 1 aliphatic heterocycles. The Morgan fingerprint density at radius 1 is 1.23 bits per heavy atom. The summed E-state index contributed by atoms with van der Waals surface area (Å²) in [7, 11) is 0. The topological polar surface area (TPSA) is 61.9 Å². The molecule has 3 amide bonds. The monoisotopic (exact) mass is 443 g/mol. The molecule has 0 spiro atoms. The number of benzene rings is 2. The Balaban J connectivity index is 1.64. The number of nitrogens with one attached hydrogen (secondary N) is 1. The lowest BCUT2D eigenvalue weighted by atomic mass is 10.1. The van der Waals surface area contributed by atoms with Gasteiger partial charge in [0.2, 0.25) is 0 Å². The summed E-state index contributed by atoms with van der Waals surface area (Å²) in [5, 5.41) is 3.45. The van der Waals surface area contributed by atoms with Gasteiger partial charge in [-0.3, -0.25) is 4.79 Å². The van der Waals surface area contributed by atoms with Crippen LogP contribution in [0.4, 0.5) is 10.5 Å². The van der Waals surface area contributed by atoms with E-state index in [1.54, 1.807) is 29.2 Å². The number of hydrogen-bond donors (Lipinski definition) is 1. The van der Waals surface area contributed by atoms with Crippen LogP contribution >= 0.6 is 11.6 Å². The fourth-order valence-corrected chi connectivity index (χ4v) is 3.78. The van der Waals surface area contributed by atoms with Gasteiger partial charge >= 0.3 is 6.03 Å². The summed E-state index contributed by atoms with van der Waals surface area (Å²) in [5.74, 6) is 0.304. The maximum Gasteiger partial charge on any atom is 0.322 e. The molecule has 7 heteroatoms. The number of hydrogen-bond acceptors (Lipinski definition) is 3. The Kier molecular flexibility index (Phi) is 7.93. The zero-order chi connectivity index (χ0) is 22.4. The van der Waals surface area contributed by atoms with Crippen LogP contribution in [0.1, 0.15) is 29.8 Å². The third-order valence-corrected chi connectivity index (χ3v) is 5.33. The highest BCUT2D eigenvalue weighted by Gasteiger charge is 2.28. The number of nitrogens with zero attached hydrogens (tertiary/aromatic N) is 2. The van der Waals surface area contributed by atoms with Crippen molar-refractivity contribution in [3.8, 4) is 0 Å². The Labute approximate surface area is 189 Å². The van der Waals surface area contributed by atoms with Crippen molar-refractivity contribution in [2.45, 2.75) is 26.9 Å². The molecule has 1 aliphatic rings. The van der Waals surface area contributed by atoms with E-state index in [0.717, 1.165) is 5.56 Å². The molecule has 1 atom stereocenters. The summed E-state index contributed by atoms with van der Waals surface area (Å²) in [6.07, 6.45) is -0.244. The predicted octanol–water partition coefficient (Wildman–Crippen LogP) is 4.68. The van der Waals surface area contributed by atoms with Gasteiger partial charge in [-0.15, -0.1) is 0 Å². The highest BCUT2D eigenvalue weighted by molar-refractivity contribution is 6.30. The zero-order valence-corrected chi connectivity index (χ0v) is 19.1. The number of halogens is 1. The minimum absolute atomic E-state index is 0.0159. The summed E-state index contributed by atoms with van der Waals surface area (Å²) in [4.78, 5) is 29.4. The summed E-state index contributed by atoms with van der Waals surface area (Å²) >= 11 is 6.00. The van der Waals surface area contributed by atoms with Crippen molar-refractivity contribution >= 4 is 29.2 Å². The number of morpholine rings is 1. The van der Waals surface area contributed by atoms with Gasteiger partial charge in [0, 0.05) is 35.9 Å². The fourth-order valence-electron chi connectivity index (χ4n) is 3.59. The van der Waals surface area contributed by atoms with Crippen molar-refractivity contribution in [3.05, 3.63) is 64.7 Å². The summed E-state index contributed by atoms with van der Waals surface area (Å²) in [6.45, 7) is 8.58. The minimum Gasteiger partial charge on any atom is -0.373 e. The van der Waals surface area contributed by atoms with Crippen molar-refractivity contribution in [1.82, 2.24) is 9.80 Å². The Bertz CT molecular complexity index is 901. The van der Waals surface area contributed by atoms with Crippen LogP contribution in [-0.2, 0) is 4.74 Å². The van der Waals surface area contributed by atoms with Crippen LogP contribution in [0.5, 0.6) is 0 Å². The maximum atomic E-state index is 13.1. The molecule has 1 fully saturated rings. The number of carbonyl (C=O) groups excluding carboxylic acids is 2. The van der Waals surface area contributed by atoms with E-state index < -0.39 is 0 Å². The van der Waals surface area contributed by atoms with Gasteiger partial charge in [0.15, 0.2) is 0 Å². The lowest BCUT2D eigenvalue weighted by Crippen LogP contribution is -2.52. The molecular weight excluding hydrogens is 414 g/mol. The van der Waals surface area contributed by atoms with Crippen molar-refractivity contribution in [2.24, 2.45) is 5.92 Å². The van der Waals surface area contributed by atoms with Crippen LogP contribution in [0.25, 0.3) is 0 Å². The van der Waals surface area contributed by atoms with Crippen LogP contribution in [0.3, 0.4) is 0 Å². The average molecular weight is 444 g/mol. The molecule has 166 valence electrons. The summed E-state index contributed by atoms with van der Waals surface area (Å²) in [5.41, 5.74) is 2.43. The van der Waals surface area contributed by atoms with Crippen molar-refractivity contribution < 1.29 is 14.3 Å². The van der Waals surface area contributed by atoms with Gasteiger partial charge in [0.1, 0.15) is 0 Å². The average Bonchev–Trinajstić information content (AvgIpc) is 2.73. The first-order valence-electron chi connectivity index (χ1n) is 10.6. The van der Waals surface area contributed by atoms with E-state index >= 15 is 0 Å². The van der Waals surface area contributed by atoms with Crippen LogP contribution < -0.4 is 5.32 Å². The standard InChI is InChI=1S/C24H30ClN3O3/c1-17(2)14-28(23(29)19-9-7-18(3)8-10-19)16-22-15-27(11-12-31-22)24(30)26-21-6-4-5-20(25)13-21/h4-10,13,17,22H,11-12,14-16H2,1-3H3,(H,26,30)/t22-/m0/s1. The number of rotatable bonds is 6. The van der Waals surface area contributed by atoms with E-state index in [1.165, 1.54) is 0 Å². The molecule has 0 bridgehead atoms. The molecule has 1 saturated heterocycles. The number of carbonyl (C=O) groups is 2. The number of amides is 3. The molecule has 0 aliphatic carbocycles. The molecule has 2 aromatic rings. The van der Waals surface area contributed by atoms with Crippen LogP contribution in [0, 0.1) is 12.8 Å². The van der Waals surface area contributed by atoms with E-state index in [4.69, 9.17) is 16.3 Å². The Hall–Kier alpha value is -2.57. The molecule has 1 N–H and O–H groups in total. The first-order chi connectivity index (χ1) is 14.8. The van der Waals surface area contributed by atoms with Gasteiger partial charge in [0.05, 0.1) is 19.3 Å². The third kappa shape index (κ3) is 6.71. The van der Waals surface area contributed by atoms with E-state index in [1.807, 2.05) is 36.1 Å². The minimum atomic E-state index is -0.244. The molecule has 3 rings (SSSR count). The molecule has 0 radical (unpaired) electrons. The summed E-state index contributed by atoms with van der Waals surface area (Å²) < 4.78 is 5.91. The third-order valence-electron chi connectivity index (χ3n) is 5.10. The molecule has 0 saturated carbocycles. The van der Waals surface area contributed by atoms with E-state index in [2.05, 4.69) is 19.2 Å². The Morgan fingerprint density at radius 2 is 1.97 bits per heavy atom. The SMILES string of the molecule is Cc1ccc(C(=O)N(CC(C)C)C[C@@H]2CN(C(=O)Nc3cccc(Cl)c3)CCO2)cc1. The van der Waals surface area contributed by atoms with Gasteiger partial charge in [-0.05, 0) is 43.2 Å². The number of urea groups is 1. The smallest absolute Gasteiger partial charge is 0.322 e. The summed E-state index contributed by atoms with van der Waals surface area (Å²) in [6, 6.07) is 14.5. The number of ether oxygens (including phenoxy) is 1. The molecule has 31 heavy (non-hydrogen) atoms. The predicted molar refractivity (Wildman–Crippen MR) is 124 cm³/mol. The molecular formula is C24H30ClN3O3. The normalized spacial score (nSPS) is 16.3. The van der Waals surface area contributed by atoms with E-state index in [-0.39, 0.29) is 18.0 Å². The quantitative estimate of drug-likeness (QED) is 0.705. The molecule has 0 aromatic heterocycles. The molecule has 2 aromatic carbocycles. The molecule has 0 unspecified atom stereocenters. The highest BCUT2D eigenvalue weighted by atomic mass is 35.5.